The Morgan fingerprint density at radius 3 is 2.91 bits per heavy atom. The summed E-state index contributed by atoms with van der Waals surface area (Å²) in [4.78, 5) is 17.3. The van der Waals surface area contributed by atoms with Crippen LogP contribution in [-0.4, -0.2) is 53.6 Å². The molecule has 1 aromatic rings. The maximum absolute atomic E-state index is 12.9. The van der Waals surface area contributed by atoms with Crippen LogP contribution in [0.25, 0.3) is 0 Å². The Balaban J connectivity index is 1.41. The number of nitrogens with zero attached hydrogens (tertiary/aromatic N) is 2. The van der Waals surface area contributed by atoms with Crippen LogP contribution in [0.4, 0.5) is 0 Å². The van der Waals surface area contributed by atoms with Crippen molar-refractivity contribution in [1.82, 2.24) is 9.80 Å². The van der Waals surface area contributed by atoms with Crippen molar-refractivity contribution < 1.29 is 13.9 Å². The topological polar surface area (TPSA) is 45.9 Å². The number of ether oxygens (including phenoxy) is 1. The summed E-state index contributed by atoms with van der Waals surface area (Å²) in [5, 5.41) is 0. The second-order valence-electron chi connectivity index (χ2n) is 7.14. The van der Waals surface area contributed by atoms with Crippen LogP contribution in [0.5, 0.6) is 0 Å². The molecule has 4 rings (SSSR count). The highest BCUT2D eigenvalue weighted by Crippen LogP contribution is 2.31. The Morgan fingerprint density at radius 1 is 1.30 bits per heavy atom. The van der Waals surface area contributed by atoms with E-state index in [0.29, 0.717) is 31.3 Å². The van der Waals surface area contributed by atoms with Gasteiger partial charge in [-0.15, -0.1) is 0 Å². The molecule has 126 valence electrons. The Hall–Kier alpha value is -1.33. The van der Waals surface area contributed by atoms with Crippen molar-refractivity contribution in [3.63, 3.8) is 0 Å². The second-order valence-corrected chi connectivity index (χ2v) is 7.14. The SMILES string of the molecule is Cc1ccc(CN(C(=O)CN2CCOC3CCCC32)C2CC2)o1. The van der Waals surface area contributed by atoms with Crippen LogP contribution in [0.1, 0.15) is 43.6 Å². The van der Waals surface area contributed by atoms with Gasteiger partial charge in [-0.3, -0.25) is 9.69 Å². The van der Waals surface area contributed by atoms with Crippen molar-refractivity contribution in [3.8, 4) is 0 Å². The molecule has 3 fully saturated rings. The van der Waals surface area contributed by atoms with Crippen molar-refractivity contribution in [2.75, 3.05) is 19.7 Å². The molecule has 2 aliphatic carbocycles. The van der Waals surface area contributed by atoms with E-state index in [-0.39, 0.29) is 5.91 Å². The van der Waals surface area contributed by atoms with Gasteiger partial charge >= 0.3 is 0 Å². The lowest BCUT2D eigenvalue weighted by molar-refractivity contribution is -0.137. The lowest BCUT2D eigenvalue weighted by Crippen LogP contribution is -2.52. The van der Waals surface area contributed by atoms with Crippen molar-refractivity contribution in [3.05, 3.63) is 23.7 Å². The highest BCUT2D eigenvalue weighted by Gasteiger charge is 2.39. The minimum absolute atomic E-state index is 0.245. The van der Waals surface area contributed by atoms with Gasteiger partial charge in [0.25, 0.3) is 0 Å². The van der Waals surface area contributed by atoms with Crippen molar-refractivity contribution in [1.29, 1.82) is 0 Å². The van der Waals surface area contributed by atoms with Gasteiger partial charge in [-0.1, -0.05) is 0 Å². The molecule has 0 aromatic carbocycles. The molecule has 2 unspecified atom stereocenters. The fourth-order valence-corrected chi connectivity index (χ4v) is 4.01. The van der Waals surface area contributed by atoms with Gasteiger partial charge < -0.3 is 14.1 Å². The predicted molar refractivity (Wildman–Crippen MR) is 86.0 cm³/mol. The number of fused-ring (bicyclic) bond motifs is 1. The van der Waals surface area contributed by atoms with Gasteiger partial charge in [0.15, 0.2) is 0 Å². The lowest BCUT2D eigenvalue weighted by Gasteiger charge is -2.38. The summed E-state index contributed by atoms with van der Waals surface area (Å²) in [7, 11) is 0. The molecule has 1 aromatic heterocycles. The summed E-state index contributed by atoms with van der Waals surface area (Å²) in [5.41, 5.74) is 0. The first kappa shape index (κ1) is 15.2. The van der Waals surface area contributed by atoms with Crippen molar-refractivity contribution >= 4 is 5.91 Å². The molecular formula is C18H26N2O3. The van der Waals surface area contributed by atoms with Crippen LogP contribution in [0, 0.1) is 6.92 Å². The molecule has 2 heterocycles. The lowest BCUT2D eigenvalue weighted by atomic mass is 10.1. The molecule has 0 bridgehead atoms. The molecule has 0 N–H and O–H groups in total. The normalized spacial score (nSPS) is 27.9. The van der Waals surface area contributed by atoms with Gasteiger partial charge in [-0.2, -0.15) is 0 Å². The minimum Gasteiger partial charge on any atom is -0.464 e. The third-order valence-corrected chi connectivity index (χ3v) is 5.37. The minimum atomic E-state index is 0.245. The summed E-state index contributed by atoms with van der Waals surface area (Å²) >= 11 is 0. The molecule has 2 atom stereocenters. The zero-order valence-corrected chi connectivity index (χ0v) is 13.9. The van der Waals surface area contributed by atoms with Crippen LogP contribution in [0.15, 0.2) is 16.5 Å². The second kappa shape index (κ2) is 6.29. The average molecular weight is 318 g/mol. The van der Waals surface area contributed by atoms with E-state index in [4.69, 9.17) is 9.15 Å². The summed E-state index contributed by atoms with van der Waals surface area (Å²) < 4.78 is 11.5. The molecule has 0 radical (unpaired) electrons. The largest absolute Gasteiger partial charge is 0.464 e. The number of morpholine rings is 1. The van der Waals surface area contributed by atoms with Crippen LogP contribution < -0.4 is 0 Å². The molecule has 1 saturated heterocycles. The molecule has 0 spiro atoms. The fraction of sp³-hybridized carbons (Fsp3) is 0.722. The zero-order chi connectivity index (χ0) is 15.8. The predicted octanol–water partition coefficient (Wildman–Crippen LogP) is 2.33. The van der Waals surface area contributed by atoms with E-state index in [2.05, 4.69) is 4.90 Å². The van der Waals surface area contributed by atoms with Gasteiger partial charge in [-0.25, -0.2) is 0 Å². The molecule has 5 nitrogen and oxygen atoms in total. The van der Waals surface area contributed by atoms with Crippen molar-refractivity contribution in [2.24, 2.45) is 0 Å². The Bertz CT molecular complexity index is 566. The number of rotatable bonds is 5. The zero-order valence-electron chi connectivity index (χ0n) is 13.9. The Kier molecular flexibility index (Phi) is 4.16. The van der Waals surface area contributed by atoms with Gasteiger partial charge in [0, 0.05) is 18.6 Å². The van der Waals surface area contributed by atoms with Crippen LogP contribution in [0.3, 0.4) is 0 Å². The van der Waals surface area contributed by atoms with Crippen LogP contribution in [0.2, 0.25) is 0 Å². The van der Waals surface area contributed by atoms with Crippen molar-refractivity contribution in [2.45, 2.75) is 63.8 Å². The molecular weight excluding hydrogens is 292 g/mol. The van der Waals surface area contributed by atoms with Crippen LogP contribution in [-0.2, 0) is 16.1 Å². The standard InChI is InChI=1S/C18H26N2O3/c1-13-5-8-15(23-13)11-20(14-6-7-14)18(21)12-19-9-10-22-17-4-2-3-16(17)19/h5,8,14,16-17H,2-4,6-7,9-12H2,1H3. The maximum Gasteiger partial charge on any atom is 0.237 e. The number of furan rings is 1. The number of carbonyl (C=O) groups is 1. The molecule has 23 heavy (non-hydrogen) atoms. The molecule has 5 heteroatoms. The Morgan fingerprint density at radius 2 is 2.17 bits per heavy atom. The van der Waals surface area contributed by atoms with E-state index in [1.807, 2.05) is 24.0 Å². The van der Waals surface area contributed by atoms with Gasteiger partial charge in [0.1, 0.15) is 11.5 Å². The molecule has 1 amide bonds. The average Bonchev–Trinajstić information content (AvgIpc) is 3.10. The summed E-state index contributed by atoms with van der Waals surface area (Å²) in [6.45, 7) is 4.72. The maximum atomic E-state index is 12.9. The van der Waals surface area contributed by atoms with E-state index < -0.39 is 0 Å². The first-order valence-electron chi connectivity index (χ1n) is 8.91. The quantitative estimate of drug-likeness (QED) is 0.836. The van der Waals surface area contributed by atoms with E-state index in [1.165, 1.54) is 12.8 Å². The van der Waals surface area contributed by atoms with Gasteiger partial charge in [-0.05, 0) is 51.2 Å². The number of carbonyl (C=O) groups excluding carboxylic acids is 1. The Labute approximate surface area is 137 Å². The third kappa shape index (κ3) is 3.31. The number of aryl methyl sites for hydroxylation is 1. The molecule has 2 saturated carbocycles. The molecule has 3 aliphatic rings. The highest BCUT2D eigenvalue weighted by molar-refractivity contribution is 5.79. The first-order valence-corrected chi connectivity index (χ1v) is 8.91. The fourth-order valence-electron chi connectivity index (χ4n) is 4.01. The summed E-state index contributed by atoms with van der Waals surface area (Å²) in [6.07, 6.45) is 6.13. The number of hydrogen-bond donors (Lipinski definition) is 0. The van der Waals surface area contributed by atoms with Crippen LogP contribution >= 0.6 is 0 Å². The monoisotopic (exact) mass is 318 g/mol. The van der Waals surface area contributed by atoms with E-state index in [1.54, 1.807) is 0 Å². The van der Waals surface area contributed by atoms with Gasteiger partial charge in [0.05, 0.1) is 25.8 Å². The van der Waals surface area contributed by atoms with Gasteiger partial charge in [0.2, 0.25) is 5.91 Å². The summed E-state index contributed by atoms with van der Waals surface area (Å²) in [5.74, 6) is 2.04. The summed E-state index contributed by atoms with van der Waals surface area (Å²) in [6, 6.07) is 4.81. The first-order chi connectivity index (χ1) is 11.2. The number of hydrogen-bond acceptors (Lipinski definition) is 4. The smallest absolute Gasteiger partial charge is 0.237 e. The van der Waals surface area contributed by atoms with E-state index in [9.17, 15) is 4.79 Å². The van der Waals surface area contributed by atoms with E-state index in [0.717, 1.165) is 43.9 Å². The molecule has 1 aliphatic heterocycles. The highest BCUT2D eigenvalue weighted by atomic mass is 16.5. The third-order valence-electron chi connectivity index (χ3n) is 5.37. The van der Waals surface area contributed by atoms with E-state index >= 15 is 0 Å². The number of amides is 1.